The van der Waals surface area contributed by atoms with Crippen molar-refractivity contribution in [2.75, 3.05) is 31.1 Å². The zero-order valence-electron chi connectivity index (χ0n) is 16.0. The lowest BCUT2D eigenvalue weighted by Gasteiger charge is -2.36. The smallest absolute Gasteiger partial charge is 0.152 e. The summed E-state index contributed by atoms with van der Waals surface area (Å²) in [7, 11) is 0. The molecule has 0 radical (unpaired) electrons. The van der Waals surface area contributed by atoms with Gasteiger partial charge in [0.1, 0.15) is 0 Å². The molecule has 0 N–H and O–H groups in total. The van der Waals surface area contributed by atoms with Crippen LogP contribution in [-0.4, -0.2) is 53.3 Å². The molecule has 0 amide bonds. The number of aromatic nitrogens is 2. The number of anilines is 2. The minimum atomic E-state index is 0.176. The Labute approximate surface area is 161 Å². The summed E-state index contributed by atoms with van der Waals surface area (Å²) >= 11 is 1.74. The average molecular weight is 375 g/mol. The summed E-state index contributed by atoms with van der Waals surface area (Å²) in [5, 5.41) is 3.31. The molecular formula is C20H30N4OS. The van der Waals surface area contributed by atoms with Gasteiger partial charge in [0.2, 0.25) is 0 Å². The lowest BCUT2D eigenvalue weighted by molar-refractivity contribution is -0.00585. The van der Waals surface area contributed by atoms with E-state index in [4.69, 9.17) is 4.74 Å². The Hall–Kier alpha value is -1.50. The molecule has 6 heteroatoms. The number of nitrogens with zero attached hydrogens (tertiary/aromatic N) is 4. The summed E-state index contributed by atoms with van der Waals surface area (Å²) in [5.41, 5.74) is 0. The summed E-state index contributed by atoms with van der Waals surface area (Å²) in [4.78, 5) is 13.7. The van der Waals surface area contributed by atoms with Crippen molar-refractivity contribution in [3.63, 3.8) is 0 Å². The predicted molar refractivity (Wildman–Crippen MR) is 108 cm³/mol. The van der Waals surface area contributed by atoms with Crippen LogP contribution in [0.4, 0.5) is 10.8 Å². The maximum atomic E-state index is 6.23. The monoisotopic (exact) mass is 374 g/mol. The van der Waals surface area contributed by atoms with Gasteiger partial charge in [0.25, 0.3) is 0 Å². The summed E-state index contributed by atoms with van der Waals surface area (Å²) in [5.74, 6) is 1.44. The fraction of sp³-hybridized carbons (Fsp3) is 0.600. The van der Waals surface area contributed by atoms with Crippen LogP contribution in [0.5, 0.6) is 0 Å². The Bertz CT molecular complexity index is 629. The number of likely N-dealkylation sites (tertiary alicyclic amines) is 1. The van der Waals surface area contributed by atoms with E-state index in [1.165, 1.54) is 17.8 Å². The molecule has 0 aromatic carbocycles. The maximum absolute atomic E-state index is 6.23. The lowest BCUT2D eigenvalue weighted by atomic mass is 10.1. The second kappa shape index (κ2) is 9.44. The van der Waals surface area contributed by atoms with Gasteiger partial charge in [-0.15, -0.1) is 11.3 Å². The van der Waals surface area contributed by atoms with Crippen LogP contribution in [0.25, 0.3) is 0 Å². The Morgan fingerprint density at radius 3 is 2.65 bits per heavy atom. The minimum absolute atomic E-state index is 0.176. The quantitative estimate of drug-likeness (QED) is 0.658. The zero-order valence-corrected chi connectivity index (χ0v) is 16.9. The Kier molecular flexibility index (Phi) is 7.00. The largest absolute Gasteiger partial charge is 0.377 e. The predicted octanol–water partition coefficient (Wildman–Crippen LogP) is 4.20. The molecule has 3 rings (SSSR count). The second-order valence-corrected chi connectivity index (χ2v) is 8.29. The van der Waals surface area contributed by atoms with Crippen LogP contribution in [0.1, 0.15) is 33.6 Å². The summed E-state index contributed by atoms with van der Waals surface area (Å²) in [6.45, 7) is 10.6. The highest BCUT2D eigenvalue weighted by Crippen LogP contribution is 2.30. The van der Waals surface area contributed by atoms with Crippen molar-refractivity contribution in [2.45, 2.75) is 45.8 Å². The summed E-state index contributed by atoms with van der Waals surface area (Å²) in [6, 6.07) is 4.58. The molecule has 1 fully saturated rings. The van der Waals surface area contributed by atoms with Crippen LogP contribution in [0.3, 0.4) is 0 Å². The van der Waals surface area contributed by atoms with E-state index in [1.807, 2.05) is 6.20 Å². The first-order chi connectivity index (χ1) is 12.6. The number of ether oxygens (including phenoxy) is 1. The highest BCUT2D eigenvalue weighted by atomic mass is 32.1. The van der Waals surface area contributed by atoms with Gasteiger partial charge in [-0.3, -0.25) is 9.88 Å². The second-order valence-electron chi connectivity index (χ2n) is 7.37. The van der Waals surface area contributed by atoms with Crippen LogP contribution >= 0.6 is 11.3 Å². The first-order valence-corrected chi connectivity index (χ1v) is 10.5. The molecule has 3 heterocycles. The average Bonchev–Trinajstić information content (AvgIpc) is 3.35. The summed E-state index contributed by atoms with van der Waals surface area (Å²) in [6.07, 6.45) is 8.06. The van der Waals surface area contributed by atoms with Crippen molar-refractivity contribution in [3.05, 3.63) is 36.1 Å². The topological polar surface area (TPSA) is 41.5 Å². The van der Waals surface area contributed by atoms with Gasteiger partial charge in [-0.2, -0.15) is 0 Å². The molecule has 2 atom stereocenters. The van der Waals surface area contributed by atoms with E-state index in [9.17, 15) is 0 Å². The molecule has 2 aromatic rings. The van der Waals surface area contributed by atoms with E-state index in [2.05, 4.69) is 58.1 Å². The molecule has 1 aliphatic heterocycles. The third kappa shape index (κ3) is 5.02. The van der Waals surface area contributed by atoms with Crippen molar-refractivity contribution >= 4 is 22.2 Å². The van der Waals surface area contributed by atoms with Gasteiger partial charge in [0, 0.05) is 25.5 Å². The van der Waals surface area contributed by atoms with E-state index in [-0.39, 0.29) is 6.10 Å². The lowest BCUT2D eigenvalue weighted by Crippen LogP contribution is -2.49. The van der Waals surface area contributed by atoms with Gasteiger partial charge in [0.15, 0.2) is 5.82 Å². The third-order valence-electron chi connectivity index (χ3n) is 4.81. The van der Waals surface area contributed by atoms with E-state index in [1.54, 1.807) is 23.7 Å². The molecule has 5 nitrogen and oxygen atoms in total. The molecule has 2 unspecified atom stereocenters. The van der Waals surface area contributed by atoms with Crippen molar-refractivity contribution in [3.8, 4) is 0 Å². The number of rotatable bonds is 9. The van der Waals surface area contributed by atoms with Gasteiger partial charge < -0.3 is 9.64 Å². The van der Waals surface area contributed by atoms with Crippen LogP contribution in [0, 0.1) is 5.92 Å². The van der Waals surface area contributed by atoms with Gasteiger partial charge in [0.05, 0.1) is 23.3 Å². The molecule has 0 spiro atoms. The molecule has 1 saturated heterocycles. The standard InChI is InChI=1S/C20H30N4OS/c1-16(2)15-25-17(3)18(23-10-4-5-11-23)14-24(20-7-6-12-26-20)19-13-21-8-9-22-19/h6-9,12-13,16-18H,4-5,10-11,14-15H2,1-3H3. The Balaban J connectivity index is 1.81. The van der Waals surface area contributed by atoms with Gasteiger partial charge in [-0.05, 0) is 56.3 Å². The molecule has 2 aromatic heterocycles. The van der Waals surface area contributed by atoms with Crippen LogP contribution < -0.4 is 4.90 Å². The first-order valence-electron chi connectivity index (χ1n) is 9.58. The third-order valence-corrected chi connectivity index (χ3v) is 5.70. The fourth-order valence-electron chi connectivity index (χ4n) is 3.43. The minimum Gasteiger partial charge on any atom is -0.377 e. The summed E-state index contributed by atoms with van der Waals surface area (Å²) < 4.78 is 6.23. The molecular weight excluding hydrogens is 344 g/mol. The number of hydrogen-bond acceptors (Lipinski definition) is 6. The van der Waals surface area contributed by atoms with E-state index in [0.29, 0.717) is 12.0 Å². The van der Waals surface area contributed by atoms with Crippen molar-refractivity contribution in [1.29, 1.82) is 0 Å². The molecule has 0 bridgehead atoms. The fourth-order valence-corrected chi connectivity index (χ4v) is 4.18. The Morgan fingerprint density at radius 2 is 2.04 bits per heavy atom. The first kappa shape index (κ1) is 19.3. The highest BCUT2D eigenvalue weighted by Gasteiger charge is 2.30. The molecule has 26 heavy (non-hydrogen) atoms. The number of thiophene rings is 1. The van der Waals surface area contributed by atoms with E-state index < -0.39 is 0 Å². The SMILES string of the molecule is CC(C)COC(C)C(CN(c1cnccn1)c1cccs1)N1CCCC1. The van der Waals surface area contributed by atoms with Crippen LogP contribution in [-0.2, 0) is 4.74 Å². The zero-order chi connectivity index (χ0) is 18.4. The molecule has 142 valence electrons. The molecule has 0 saturated carbocycles. The van der Waals surface area contributed by atoms with Crippen molar-refractivity contribution in [2.24, 2.45) is 5.92 Å². The maximum Gasteiger partial charge on any atom is 0.152 e. The van der Waals surface area contributed by atoms with Crippen LogP contribution in [0.2, 0.25) is 0 Å². The van der Waals surface area contributed by atoms with E-state index >= 15 is 0 Å². The van der Waals surface area contributed by atoms with E-state index in [0.717, 1.165) is 32.1 Å². The molecule has 1 aliphatic rings. The van der Waals surface area contributed by atoms with Gasteiger partial charge in [-0.25, -0.2) is 4.98 Å². The Morgan fingerprint density at radius 1 is 1.23 bits per heavy atom. The van der Waals surface area contributed by atoms with Gasteiger partial charge >= 0.3 is 0 Å². The van der Waals surface area contributed by atoms with Crippen molar-refractivity contribution in [1.82, 2.24) is 14.9 Å². The normalized spacial score (nSPS) is 17.5. The van der Waals surface area contributed by atoms with Crippen molar-refractivity contribution < 1.29 is 4.74 Å². The molecule has 0 aliphatic carbocycles. The van der Waals surface area contributed by atoms with Crippen LogP contribution in [0.15, 0.2) is 36.1 Å². The number of hydrogen-bond donors (Lipinski definition) is 0. The van der Waals surface area contributed by atoms with Gasteiger partial charge in [-0.1, -0.05) is 13.8 Å². The highest BCUT2D eigenvalue weighted by molar-refractivity contribution is 7.14.